The van der Waals surface area contributed by atoms with Crippen LogP contribution in [0.15, 0.2) is 35.3 Å². The van der Waals surface area contributed by atoms with Crippen molar-refractivity contribution >= 4 is 34.3 Å². The van der Waals surface area contributed by atoms with Crippen LogP contribution < -0.4 is 25.8 Å². The lowest BCUT2D eigenvalue weighted by Crippen LogP contribution is -2.53. The Morgan fingerprint density at radius 3 is 2.79 bits per heavy atom. The average molecular weight is 542 g/mol. The quantitative estimate of drug-likeness (QED) is 0.391. The number of nitriles is 1. The smallest absolute Gasteiger partial charge is 0.293 e. The van der Waals surface area contributed by atoms with E-state index in [0.717, 1.165) is 0 Å². The molecule has 11 nitrogen and oxygen atoms in total. The summed E-state index contributed by atoms with van der Waals surface area (Å²) in [5.41, 5.74) is 0.934. The first-order valence-electron chi connectivity index (χ1n) is 12.3. The Morgan fingerprint density at radius 2 is 2.10 bits per heavy atom. The fourth-order valence-electron chi connectivity index (χ4n) is 4.66. The summed E-state index contributed by atoms with van der Waals surface area (Å²) < 4.78 is 36.2. The van der Waals surface area contributed by atoms with Crippen LogP contribution in [0.4, 0.5) is 26.2 Å². The van der Waals surface area contributed by atoms with Gasteiger partial charge in [-0.15, -0.1) is 0 Å². The number of aryl methyl sites for hydroxylation is 1. The number of pyridine rings is 1. The number of aromatic nitrogens is 3. The van der Waals surface area contributed by atoms with E-state index in [-0.39, 0.29) is 61.7 Å². The van der Waals surface area contributed by atoms with Crippen LogP contribution in [-0.2, 0) is 11.8 Å². The Balaban J connectivity index is 1.64. The van der Waals surface area contributed by atoms with Gasteiger partial charge in [-0.25, -0.2) is 13.8 Å². The summed E-state index contributed by atoms with van der Waals surface area (Å²) in [5.74, 6) is -5.04. The van der Waals surface area contributed by atoms with Crippen molar-refractivity contribution in [2.45, 2.75) is 19.3 Å². The first kappa shape index (κ1) is 27.7. The van der Waals surface area contributed by atoms with Crippen molar-refractivity contribution in [3.8, 4) is 11.8 Å². The number of aliphatic hydroxyl groups excluding tert-OH is 1. The average Bonchev–Trinajstić information content (AvgIpc) is 2.92. The molecular weight excluding hydrogens is 512 g/mol. The van der Waals surface area contributed by atoms with E-state index in [1.165, 1.54) is 30.8 Å². The molecule has 3 heterocycles. The highest BCUT2D eigenvalue weighted by molar-refractivity contribution is 5.85. The van der Waals surface area contributed by atoms with Crippen molar-refractivity contribution < 1.29 is 23.4 Å². The number of fused-ring (bicyclic) bond motifs is 1. The van der Waals surface area contributed by atoms with Crippen LogP contribution in [0.5, 0.6) is 5.75 Å². The molecule has 1 aromatic carbocycles. The number of nitrogens with one attached hydrogen (secondary N) is 2. The van der Waals surface area contributed by atoms with Gasteiger partial charge < -0.3 is 29.9 Å². The molecule has 39 heavy (non-hydrogen) atoms. The second-order valence-electron chi connectivity index (χ2n) is 9.47. The van der Waals surface area contributed by atoms with Gasteiger partial charge >= 0.3 is 0 Å². The van der Waals surface area contributed by atoms with E-state index in [4.69, 9.17) is 4.74 Å². The van der Waals surface area contributed by atoms with E-state index in [1.807, 2.05) is 6.07 Å². The van der Waals surface area contributed by atoms with Gasteiger partial charge in [0.15, 0.2) is 18.2 Å². The first-order valence-corrected chi connectivity index (χ1v) is 12.3. The number of halogens is 2. The molecule has 206 valence electrons. The summed E-state index contributed by atoms with van der Waals surface area (Å²) in [6, 6.07) is 8.74. The van der Waals surface area contributed by atoms with E-state index in [1.54, 1.807) is 30.1 Å². The van der Waals surface area contributed by atoms with Crippen molar-refractivity contribution in [1.29, 1.82) is 5.26 Å². The zero-order chi connectivity index (χ0) is 28.3. The lowest BCUT2D eigenvalue weighted by molar-refractivity contribution is -0.122. The molecule has 0 saturated carbocycles. The molecule has 0 spiro atoms. The summed E-state index contributed by atoms with van der Waals surface area (Å²) in [6.07, 6.45) is 1.26. The summed E-state index contributed by atoms with van der Waals surface area (Å²) in [4.78, 5) is 34.5. The monoisotopic (exact) mass is 541 g/mol. The van der Waals surface area contributed by atoms with Crippen LogP contribution >= 0.6 is 0 Å². The SMILES string of the molecule is CNC(=O)COc1cc2cc(Nc3ncc(C#N)c(N4C[C@@H](CCO)C(F)(F)[C@@H](C)C4)n3)ccc2n(C)c1=O. The van der Waals surface area contributed by atoms with Crippen LogP contribution in [0.1, 0.15) is 18.9 Å². The molecule has 0 bridgehead atoms. The molecule has 1 fully saturated rings. The maximum absolute atomic E-state index is 14.7. The number of hydrogen-bond donors (Lipinski definition) is 3. The van der Waals surface area contributed by atoms with E-state index < -0.39 is 23.3 Å². The van der Waals surface area contributed by atoms with Crippen molar-refractivity contribution in [3.05, 3.63) is 46.4 Å². The van der Waals surface area contributed by atoms with Crippen molar-refractivity contribution in [1.82, 2.24) is 19.9 Å². The summed E-state index contributed by atoms with van der Waals surface area (Å²) in [7, 11) is 3.06. The number of likely N-dealkylation sites (N-methyl/N-ethyl adjacent to an activating group) is 1. The second kappa shape index (κ2) is 11.2. The number of ether oxygens (including phenoxy) is 1. The fourth-order valence-corrected chi connectivity index (χ4v) is 4.66. The Hall–Kier alpha value is -4.31. The maximum atomic E-state index is 14.7. The lowest BCUT2D eigenvalue weighted by Gasteiger charge is -2.43. The molecule has 1 aliphatic rings. The van der Waals surface area contributed by atoms with Crippen molar-refractivity contribution in [2.75, 3.05) is 43.6 Å². The molecule has 0 aliphatic carbocycles. The molecule has 2 atom stereocenters. The molecule has 2 aromatic heterocycles. The molecule has 0 unspecified atom stereocenters. The minimum atomic E-state index is -2.95. The molecule has 0 radical (unpaired) electrons. The predicted octanol–water partition coefficient (Wildman–Crippen LogP) is 2.16. The molecule has 3 aromatic rings. The van der Waals surface area contributed by atoms with Gasteiger partial charge in [0.25, 0.3) is 17.4 Å². The standard InChI is InChI=1S/C26H29F2N7O4/c1-15-12-35(13-18(6-7-36)26(15,27)28)23-17(10-29)11-31-25(33-23)32-19-4-5-20-16(8-19)9-21(24(38)34(20)3)39-14-22(37)30-2/h4-5,8-9,11,15,18,36H,6-7,12-14H2,1-3H3,(H,30,37)(H,31,32,33)/t15-,18+/m0/s1. The van der Waals surface area contributed by atoms with Crippen molar-refractivity contribution in [3.63, 3.8) is 0 Å². The third-order valence-electron chi connectivity index (χ3n) is 6.89. The number of piperidine rings is 1. The lowest BCUT2D eigenvalue weighted by atomic mass is 9.84. The van der Waals surface area contributed by atoms with Crippen LogP contribution in [0.25, 0.3) is 10.9 Å². The van der Waals surface area contributed by atoms with E-state index in [2.05, 4.69) is 20.6 Å². The van der Waals surface area contributed by atoms with Crippen LogP contribution in [0, 0.1) is 23.2 Å². The number of alkyl halides is 2. The second-order valence-corrected chi connectivity index (χ2v) is 9.47. The van der Waals surface area contributed by atoms with Gasteiger partial charge in [0, 0.05) is 56.7 Å². The van der Waals surface area contributed by atoms with Crippen molar-refractivity contribution in [2.24, 2.45) is 18.9 Å². The third kappa shape index (κ3) is 5.61. The van der Waals surface area contributed by atoms with Gasteiger partial charge in [-0.2, -0.15) is 10.2 Å². The van der Waals surface area contributed by atoms with Gasteiger partial charge in [-0.1, -0.05) is 6.92 Å². The predicted molar refractivity (Wildman–Crippen MR) is 140 cm³/mol. The Kier molecular flexibility index (Phi) is 7.96. The largest absolute Gasteiger partial charge is 0.478 e. The maximum Gasteiger partial charge on any atom is 0.293 e. The van der Waals surface area contributed by atoms with E-state index in [9.17, 15) is 28.7 Å². The minimum absolute atomic E-state index is 0.0103. The molecule has 3 N–H and O–H groups in total. The van der Waals surface area contributed by atoms with E-state index in [0.29, 0.717) is 16.6 Å². The highest BCUT2D eigenvalue weighted by Gasteiger charge is 2.49. The topological polar surface area (TPSA) is 145 Å². The Labute approximate surface area is 223 Å². The molecular formula is C26H29F2N7O4. The zero-order valence-corrected chi connectivity index (χ0v) is 21.7. The number of amides is 1. The number of carbonyl (C=O) groups excluding carboxylic acids is 1. The molecule has 1 amide bonds. The number of carbonyl (C=O) groups is 1. The minimum Gasteiger partial charge on any atom is -0.478 e. The third-order valence-corrected chi connectivity index (χ3v) is 6.89. The van der Waals surface area contributed by atoms with E-state index >= 15 is 0 Å². The van der Waals surface area contributed by atoms with Gasteiger partial charge in [0.1, 0.15) is 11.6 Å². The number of hydrogen-bond acceptors (Lipinski definition) is 9. The van der Waals surface area contributed by atoms with Gasteiger partial charge in [0.2, 0.25) is 5.95 Å². The first-order chi connectivity index (χ1) is 18.6. The van der Waals surface area contributed by atoms with Gasteiger partial charge in [-0.3, -0.25) is 9.59 Å². The molecule has 4 rings (SSSR count). The van der Waals surface area contributed by atoms with Crippen LogP contribution in [0.2, 0.25) is 0 Å². The Morgan fingerprint density at radius 1 is 1.33 bits per heavy atom. The highest BCUT2D eigenvalue weighted by Crippen LogP contribution is 2.41. The summed E-state index contributed by atoms with van der Waals surface area (Å²) in [5, 5.41) is 25.1. The van der Waals surface area contributed by atoms with Gasteiger partial charge in [-0.05, 0) is 30.7 Å². The summed E-state index contributed by atoms with van der Waals surface area (Å²) >= 11 is 0. The van der Waals surface area contributed by atoms with Gasteiger partial charge in [0.05, 0.1) is 11.7 Å². The molecule has 13 heteroatoms. The summed E-state index contributed by atoms with van der Waals surface area (Å²) in [6.45, 7) is 0.693. The number of benzene rings is 1. The Bertz CT molecular complexity index is 1490. The zero-order valence-electron chi connectivity index (χ0n) is 21.7. The van der Waals surface area contributed by atoms with Crippen LogP contribution in [-0.4, -0.2) is 64.8 Å². The normalized spacial score (nSPS) is 18.4. The molecule has 1 aliphatic heterocycles. The number of anilines is 3. The number of aliphatic hydroxyl groups is 1. The molecule has 1 saturated heterocycles. The highest BCUT2D eigenvalue weighted by atomic mass is 19.3. The van der Waals surface area contributed by atoms with Crippen LogP contribution in [0.3, 0.4) is 0 Å². The fraction of sp³-hybridized carbons (Fsp3) is 0.423. The number of nitrogens with zero attached hydrogens (tertiary/aromatic N) is 5. The number of rotatable bonds is 8.